The van der Waals surface area contributed by atoms with Crippen LogP contribution in [-0.2, 0) is 4.74 Å². The van der Waals surface area contributed by atoms with Crippen LogP contribution < -0.4 is 0 Å². The van der Waals surface area contributed by atoms with E-state index in [4.69, 9.17) is 27.9 Å². The van der Waals surface area contributed by atoms with Crippen LogP contribution in [0.1, 0.15) is 17.5 Å². The van der Waals surface area contributed by atoms with Crippen molar-refractivity contribution < 1.29 is 9.53 Å². The molecule has 18 heavy (non-hydrogen) atoms. The van der Waals surface area contributed by atoms with E-state index in [0.717, 1.165) is 0 Å². The smallest absolute Gasteiger partial charge is 0.375 e. The van der Waals surface area contributed by atoms with E-state index in [-0.39, 0.29) is 12.4 Å². The van der Waals surface area contributed by atoms with E-state index in [1.165, 1.54) is 0 Å². The second-order valence-electron chi connectivity index (χ2n) is 3.35. The van der Waals surface area contributed by atoms with E-state index in [9.17, 15) is 4.79 Å². The first-order valence-electron chi connectivity index (χ1n) is 5.16. The SMILES string of the molecule is CCOC(=O)c1nc(-c2cc(Cl)ccc2Cl)n[nH]1. The van der Waals surface area contributed by atoms with Crippen LogP contribution in [-0.4, -0.2) is 27.8 Å². The molecule has 2 rings (SSSR count). The average Bonchev–Trinajstić information content (AvgIpc) is 2.82. The fraction of sp³-hybridized carbons (Fsp3) is 0.182. The molecule has 2 aromatic rings. The number of hydrogen-bond donors (Lipinski definition) is 1. The molecule has 0 fully saturated rings. The van der Waals surface area contributed by atoms with Gasteiger partial charge in [-0.2, -0.15) is 5.10 Å². The molecule has 5 nitrogen and oxygen atoms in total. The molecule has 7 heteroatoms. The molecule has 1 aromatic heterocycles. The van der Waals surface area contributed by atoms with Crippen molar-refractivity contribution in [3.8, 4) is 11.4 Å². The molecule has 0 bridgehead atoms. The molecule has 1 aromatic carbocycles. The third-order valence-corrected chi connectivity index (χ3v) is 2.69. The summed E-state index contributed by atoms with van der Waals surface area (Å²) < 4.78 is 4.80. The molecule has 94 valence electrons. The molecule has 0 amide bonds. The minimum atomic E-state index is -0.561. The van der Waals surface area contributed by atoms with Gasteiger partial charge in [0.1, 0.15) is 0 Å². The van der Waals surface area contributed by atoms with Crippen LogP contribution in [0.5, 0.6) is 0 Å². The number of H-pyrrole nitrogens is 1. The lowest BCUT2D eigenvalue weighted by molar-refractivity contribution is 0.0512. The standard InChI is InChI=1S/C11H9Cl2N3O2/c1-2-18-11(17)10-14-9(15-16-10)7-5-6(12)3-4-8(7)13/h3-5H,2H2,1H3,(H,14,15,16). The molecule has 0 unspecified atom stereocenters. The van der Waals surface area contributed by atoms with Crippen LogP contribution in [0.25, 0.3) is 11.4 Å². The number of aromatic amines is 1. The zero-order valence-electron chi connectivity index (χ0n) is 9.41. The van der Waals surface area contributed by atoms with Gasteiger partial charge in [0, 0.05) is 10.6 Å². The van der Waals surface area contributed by atoms with Crippen molar-refractivity contribution in [1.82, 2.24) is 15.2 Å². The summed E-state index contributed by atoms with van der Waals surface area (Å²) in [6.07, 6.45) is 0. The first-order chi connectivity index (χ1) is 8.61. The summed E-state index contributed by atoms with van der Waals surface area (Å²) in [5.74, 6) is -0.233. The predicted molar refractivity (Wildman–Crippen MR) is 67.8 cm³/mol. The van der Waals surface area contributed by atoms with Crippen molar-refractivity contribution >= 4 is 29.2 Å². The minimum Gasteiger partial charge on any atom is -0.460 e. The Hall–Kier alpha value is -1.59. The maximum Gasteiger partial charge on any atom is 0.375 e. The van der Waals surface area contributed by atoms with Gasteiger partial charge in [0.15, 0.2) is 5.82 Å². The van der Waals surface area contributed by atoms with Crippen molar-refractivity contribution in [2.45, 2.75) is 6.92 Å². The molecule has 0 spiro atoms. The Labute approximate surface area is 113 Å². The second kappa shape index (κ2) is 5.37. The van der Waals surface area contributed by atoms with E-state index in [1.54, 1.807) is 25.1 Å². The largest absolute Gasteiger partial charge is 0.460 e. The third-order valence-electron chi connectivity index (χ3n) is 2.12. The minimum absolute atomic E-state index is 0.0305. The Bertz CT molecular complexity index is 583. The zero-order chi connectivity index (χ0) is 13.1. The Morgan fingerprint density at radius 1 is 1.44 bits per heavy atom. The normalized spacial score (nSPS) is 10.4. The summed E-state index contributed by atoms with van der Waals surface area (Å²) in [5.41, 5.74) is 0.552. The molecule has 1 heterocycles. The van der Waals surface area contributed by atoms with Crippen LogP contribution in [0.2, 0.25) is 10.0 Å². The van der Waals surface area contributed by atoms with E-state index in [1.807, 2.05) is 0 Å². The lowest BCUT2D eigenvalue weighted by atomic mass is 10.2. The number of carbonyl (C=O) groups is 1. The van der Waals surface area contributed by atoms with Crippen molar-refractivity contribution in [2.75, 3.05) is 6.61 Å². The van der Waals surface area contributed by atoms with Gasteiger partial charge in [0.05, 0.1) is 11.6 Å². The number of nitrogens with one attached hydrogen (secondary N) is 1. The van der Waals surface area contributed by atoms with Gasteiger partial charge in [-0.05, 0) is 25.1 Å². The van der Waals surface area contributed by atoms with Crippen LogP contribution in [0.15, 0.2) is 18.2 Å². The lowest BCUT2D eigenvalue weighted by Gasteiger charge is -1.99. The van der Waals surface area contributed by atoms with Crippen LogP contribution in [0, 0.1) is 0 Å². The van der Waals surface area contributed by atoms with Gasteiger partial charge >= 0.3 is 5.97 Å². The number of ether oxygens (including phenoxy) is 1. The highest BCUT2D eigenvalue weighted by Crippen LogP contribution is 2.28. The number of nitrogens with zero attached hydrogens (tertiary/aromatic N) is 2. The molecule has 0 radical (unpaired) electrons. The van der Waals surface area contributed by atoms with Crippen LogP contribution in [0.4, 0.5) is 0 Å². The summed E-state index contributed by atoms with van der Waals surface area (Å²) >= 11 is 11.9. The highest BCUT2D eigenvalue weighted by molar-refractivity contribution is 6.35. The topological polar surface area (TPSA) is 67.9 Å². The third kappa shape index (κ3) is 2.63. The number of esters is 1. The van der Waals surface area contributed by atoms with E-state index in [2.05, 4.69) is 15.2 Å². The molecule has 1 N–H and O–H groups in total. The molecular formula is C11H9Cl2N3O2. The van der Waals surface area contributed by atoms with Gasteiger partial charge in [0.2, 0.25) is 5.82 Å². The number of halogens is 2. The predicted octanol–water partition coefficient (Wildman–Crippen LogP) is 2.96. The summed E-state index contributed by atoms with van der Waals surface area (Å²) in [4.78, 5) is 15.4. The molecule has 0 aliphatic carbocycles. The molecule has 0 atom stereocenters. The van der Waals surface area contributed by atoms with Crippen molar-refractivity contribution in [3.05, 3.63) is 34.1 Å². The number of benzene rings is 1. The second-order valence-corrected chi connectivity index (χ2v) is 4.20. The quantitative estimate of drug-likeness (QED) is 0.881. The highest BCUT2D eigenvalue weighted by atomic mass is 35.5. The Morgan fingerprint density at radius 3 is 2.94 bits per heavy atom. The summed E-state index contributed by atoms with van der Waals surface area (Å²) in [6.45, 7) is 1.98. The number of carbonyl (C=O) groups excluding carboxylic acids is 1. The molecule has 0 aliphatic rings. The molecule has 0 aliphatic heterocycles. The summed E-state index contributed by atoms with van der Waals surface area (Å²) in [5, 5.41) is 7.37. The first-order valence-corrected chi connectivity index (χ1v) is 5.92. The van der Waals surface area contributed by atoms with Crippen molar-refractivity contribution in [2.24, 2.45) is 0 Å². The van der Waals surface area contributed by atoms with Gasteiger partial charge in [-0.1, -0.05) is 23.2 Å². The molecule has 0 saturated carbocycles. The van der Waals surface area contributed by atoms with E-state index in [0.29, 0.717) is 21.4 Å². The Kier molecular flexibility index (Phi) is 3.84. The fourth-order valence-corrected chi connectivity index (χ4v) is 1.72. The molecular weight excluding hydrogens is 277 g/mol. The Morgan fingerprint density at radius 2 is 2.22 bits per heavy atom. The summed E-state index contributed by atoms with van der Waals surface area (Å²) in [6, 6.07) is 4.92. The molecule has 0 saturated heterocycles. The maximum atomic E-state index is 11.4. The lowest BCUT2D eigenvalue weighted by Crippen LogP contribution is -2.06. The van der Waals surface area contributed by atoms with Gasteiger partial charge in [0.25, 0.3) is 0 Å². The number of hydrogen-bond acceptors (Lipinski definition) is 4. The Balaban J connectivity index is 2.35. The zero-order valence-corrected chi connectivity index (χ0v) is 10.9. The number of aromatic nitrogens is 3. The summed E-state index contributed by atoms with van der Waals surface area (Å²) in [7, 11) is 0. The van der Waals surface area contributed by atoms with E-state index < -0.39 is 5.97 Å². The van der Waals surface area contributed by atoms with Crippen LogP contribution >= 0.6 is 23.2 Å². The van der Waals surface area contributed by atoms with Crippen LogP contribution in [0.3, 0.4) is 0 Å². The highest BCUT2D eigenvalue weighted by Gasteiger charge is 2.15. The number of rotatable bonds is 3. The van der Waals surface area contributed by atoms with Gasteiger partial charge in [-0.25, -0.2) is 9.78 Å². The van der Waals surface area contributed by atoms with Gasteiger partial charge in [-0.3, -0.25) is 5.10 Å². The van der Waals surface area contributed by atoms with Gasteiger partial charge < -0.3 is 4.74 Å². The van der Waals surface area contributed by atoms with Gasteiger partial charge in [-0.15, -0.1) is 0 Å². The monoisotopic (exact) mass is 285 g/mol. The first kappa shape index (κ1) is 12.9. The van der Waals surface area contributed by atoms with Crippen molar-refractivity contribution in [1.29, 1.82) is 0 Å². The fourth-order valence-electron chi connectivity index (χ4n) is 1.34. The van der Waals surface area contributed by atoms with E-state index >= 15 is 0 Å². The maximum absolute atomic E-state index is 11.4. The van der Waals surface area contributed by atoms with Crippen molar-refractivity contribution in [3.63, 3.8) is 0 Å². The average molecular weight is 286 g/mol.